The molecular weight excluding hydrogens is 302 g/mol. The van der Waals surface area contributed by atoms with Gasteiger partial charge in [-0.2, -0.15) is 0 Å². The van der Waals surface area contributed by atoms with Crippen LogP contribution in [0.5, 0.6) is 0 Å². The molecule has 0 N–H and O–H groups in total. The van der Waals surface area contributed by atoms with Gasteiger partial charge in [0, 0.05) is 44.3 Å². The lowest BCUT2D eigenvalue weighted by Crippen LogP contribution is -2.47. The number of aromatic nitrogens is 1. The third-order valence-electron chi connectivity index (χ3n) is 4.15. The first-order valence-electron chi connectivity index (χ1n) is 7.25. The maximum atomic E-state index is 4.65. The van der Waals surface area contributed by atoms with E-state index in [2.05, 4.69) is 43.7 Å². The van der Waals surface area contributed by atoms with Crippen LogP contribution in [0.15, 0.2) is 12.3 Å². The van der Waals surface area contributed by atoms with Crippen LogP contribution in [0.4, 0.5) is 5.82 Å². The Kier molecular flexibility index (Phi) is 4.08. The van der Waals surface area contributed by atoms with Gasteiger partial charge < -0.3 is 4.90 Å². The van der Waals surface area contributed by atoms with Gasteiger partial charge in [-0.05, 0) is 36.8 Å². The summed E-state index contributed by atoms with van der Waals surface area (Å²) in [6, 6.07) is 2.24. The Balaban J connectivity index is 1.60. The van der Waals surface area contributed by atoms with E-state index < -0.39 is 0 Å². The molecule has 1 aromatic rings. The highest BCUT2D eigenvalue weighted by atomic mass is 79.9. The summed E-state index contributed by atoms with van der Waals surface area (Å²) in [4.78, 5) is 9.71. The maximum absolute atomic E-state index is 4.65. The Bertz CT molecular complexity index is 437. The molecule has 3 nitrogen and oxygen atoms in total. The second-order valence-electron chi connectivity index (χ2n) is 5.85. The summed E-state index contributed by atoms with van der Waals surface area (Å²) in [6.45, 7) is 8.12. The van der Waals surface area contributed by atoms with Gasteiger partial charge in [0.15, 0.2) is 0 Å². The zero-order chi connectivity index (χ0) is 13.2. The average molecular weight is 324 g/mol. The second-order valence-corrected chi connectivity index (χ2v) is 6.41. The van der Waals surface area contributed by atoms with Crippen LogP contribution in [0, 0.1) is 12.8 Å². The molecule has 0 amide bonds. The first-order chi connectivity index (χ1) is 9.26. The van der Waals surface area contributed by atoms with E-state index >= 15 is 0 Å². The van der Waals surface area contributed by atoms with E-state index in [1.54, 1.807) is 0 Å². The topological polar surface area (TPSA) is 19.4 Å². The van der Waals surface area contributed by atoms with Gasteiger partial charge in [-0.1, -0.05) is 22.0 Å². The van der Waals surface area contributed by atoms with Crippen molar-refractivity contribution in [2.75, 3.05) is 37.6 Å². The number of nitrogens with zero attached hydrogens (tertiary/aromatic N) is 3. The zero-order valence-electron chi connectivity index (χ0n) is 11.6. The highest BCUT2D eigenvalue weighted by Gasteiger charge is 2.26. The Hall–Kier alpha value is -0.610. The molecule has 3 rings (SSSR count). The second kappa shape index (κ2) is 5.80. The molecule has 1 saturated heterocycles. The van der Waals surface area contributed by atoms with Crippen molar-refractivity contribution in [2.45, 2.75) is 25.1 Å². The predicted molar refractivity (Wildman–Crippen MR) is 83.0 cm³/mol. The smallest absolute Gasteiger partial charge is 0.131 e. The van der Waals surface area contributed by atoms with Gasteiger partial charge >= 0.3 is 0 Å². The summed E-state index contributed by atoms with van der Waals surface area (Å²) in [7, 11) is 0. The molecule has 2 aliphatic rings. The fourth-order valence-corrected chi connectivity index (χ4v) is 3.14. The Labute approximate surface area is 124 Å². The summed E-state index contributed by atoms with van der Waals surface area (Å²) in [5.41, 5.74) is 2.56. The molecule has 4 heteroatoms. The van der Waals surface area contributed by atoms with Crippen LogP contribution < -0.4 is 4.90 Å². The molecule has 0 bridgehead atoms. The predicted octanol–water partition coefficient (Wildman–Crippen LogP) is 2.82. The van der Waals surface area contributed by atoms with E-state index in [4.69, 9.17) is 0 Å². The van der Waals surface area contributed by atoms with Gasteiger partial charge in [0.25, 0.3) is 0 Å². The lowest BCUT2D eigenvalue weighted by atomic mass is 10.2. The molecule has 0 atom stereocenters. The highest BCUT2D eigenvalue weighted by molar-refractivity contribution is 9.08. The third kappa shape index (κ3) is 3.29. The van der Waals surface area contributed by atoms with E-state index in [0.717, 1.165) is 24.3 Å². The number of hydrogen-bond acceptors (Lipinski definition) is 3. The van der Waals surface area contributed by atoms with E-state index in [1.807, 2.05) is 6.20 Å². The molecule has 2 heterocycles. The van der Waals surface area contributed by atoms with Crippen LogP contribution in [0.3, 0.4) is 0 Å². The minimum atomic E-state index is 0.885. The molecular formula is C15H22BrN3. The normalized spacial score (nSPS) is 20.8. The van der Waals surface area contributed by atoms with Gasteiger partial charge in [-0.25, -0.2) is 4.98 Å². The highest BCUT2D eigenvalue weighted by Crippen LogP contribution is 2.30. The molecule has 19 heavy (non-hydrogen) atoms. The first kappa shape index (κ1) is 13.4. The number of anilines is 1. The molecule has 0 radical (unpaired) electrons. The van der Waals surface area contributed by atoms with E-state index in [9.17, 15) is 0 Å². The molecule has 104 valence electrons. The third-order valence-corrected chi connectivity index (χ3v) is 4.79. The van der Waals surface area contributed by atoms with Gasteiger partial charge in [-0.15, -0.1) is 0 Å². The standard InChI is InChI=1S/C15H22BrN3/c1-12-8-14(9-16)10-17-15(12)19-6-4-18(5-7-19)11-13-2-3-13/h8,10,13H,2-7,9,11H2,1H3. The largest absolute Gasteiger partial charge is 0.354 e. The van der Waals surface area contributed by atoms with Gasteiger partial charge in [0.2, 0.25) is 0 Å². The minimum absolute atomic E-state index is 0.885. The molecule has 1 saturated carbocycles. The quantitative estimate of drug-likeness (QED) is 0.794. The van der Waals surface area contributed by atoms with Crippen molar-refractivity contribution >= 4 is 21.7 Å². The van der Waals surface area contributed by atoms with Crippen LogP contribution in [0.25, 0.3) is 0 Å². The van der Waals surface area contributed by atoms with Crippen molar-refractivity contribution in [3.8, 4) is 0 Å². The summed E-state index contributed by atoms with van der Waals surface area (Å²) in [6.07, 6.45) is 4.90. The van der Waals surface area contributed by atoms with Crippen molar-refractivity contribution in [1.29, 1.82) is 0 Å². The summed E-state index contributed by atoms with van der Waals surface area (Å²) >= 11 is 3.49. The Morgan fingerprint density at radius 3 is 2.58 bits per heavy atom. The average Bonchev–Trinajstić information content (AvgIpc) is 3.24. The molecule has 1 aliphatic heterocycles. The lowest BCUT2D eigenvalue weighted by Gasteiger charge is -2.36. The summed E-state index contributed by atoms with van der Waals surface area (Å²) in [5, 5.41) is 0.885. The van der Waals surface area contributed by atoms with Crippen molar-refractivity contribution in [1.82, 2.24) is 9.88 Å². The van der Waals surface area contributed by atoms with Crippen LogP contribution in [0.1, 0.15) is 24.0 Å². The van der Waals surface area contributed by atoms with E-state index in [1.165, 1.54) is 49.4 Å². The lowest BCUT2D eigenvalue weighted by molar-refractivity contribution is 0.247. The maximum Gasteiger partial charge on any atom is 0.131 e. The molecule has 1 aromatic heterocycles. The van der Waals surface area contributed by atoms with Crippen LogP contribution >= 0.6 is 15.9 Å². The molecule has 1 aliphatic carbocycles. The number of rotatable bonds is 4. The van der Waals surface area contributed by atoms with Gasteiger partial charge in [0.05, 0.1) is 0 Å². The SMILES string of the molecule is Cc1cc(CBr)cnc1N1CCN(CC2CC2)CC1. The number of alkyl halides is 1. The van der Waals surface area contributed by atoms with Crippen LogP contribution in [0.2, 0.25) is 0 Å². The Morgan fingerprint density at radius 2 is 2.00 bits per heavy atom. The van der Waals surface area contributed by atoms with Gasteiger partial charge in [-0.3, -0.25) is 4.90 Å². The number of hydrogen-bond donors (Lipinski definition) is 0. The molecule has 0 aromatic carbocycles. The van der Waals surface area contributed by atoms with E-state index in [0.29, 0.717) is 0 Å². The zero-order valence-corrected chi connectivity index (χ0v) is 13.2. The van der Waals surface area contributed by atoms with Crippen molar-refractivity contribution < 1.29 is 0 Å². The van der Waals surface area contributed by atoms with Crippen molar-refractivity contribution in [3.05, 3.63) is 23.4 Å². The van der Waals surface area contributed by atoms with Crippen LogP contribution in [-0.4, -0.2) is 42.6 Å². The van der Waals surface area contributed by atoms with E-state index in [-0.39, 0.29) is 0 Å². The summed E-state index contributed by atoms with van der Waals surface area (Å²) < 4.78 is 0. The fraction of sp³-hybridized carbons (Fsp3) is 0.667. The number of aryl methyl sites for hydroxylation is 1. The monoisotopic (exact) mass is 323 g/mol. The van der Waals surface area contributed by atoms with Crippen molar-refractivity contribution in [2.24, 2.45) is 5.92 Å². The number of pyridine rings is 1. The molecule has 2 fully saturated rings. The van der Waals surface area contributed by atoms with Crippen molar-refractivity contribution in [3.63, 3.8) is 0 Å². The minimum Gasteiger partial charge on any atom is -0.354 e. The number of piperazine rings is 1. The number of halogens is 1. The first-order valence-corrected chi connectivity index (χ1v) is 8.37. The fourth-order valence-electron chi connectivity index (χ4n) is 2.84. The van der Waals surface area contributed by atoms with Gasteiger partial charge in [0.1, 0.15) is 5.82 Å². The Morgan fingerprint density at radius 1 is 1.26 bits per heavy atom. The summed E-state index contributed by atoms with van der Waals surface area (Å²) in [5.74, 6) is 2.18. The molecule has 0 unspecified atom stereocenters. The molecule has 0 spiro atoms. The van der Waals surface area contributed by atoms with Crippen LogP contribution in [-0.2, 0) is 5.33 Å².